The summed E-state index contributed by atoms with van der Waals surface area (Å²) in [6, 6.07) is 0. The quantitative estimate of drug-likeness (QED) is 0.171. The van der Waals surface area contributed by atoms with E-state index in [1.54, 1.807) is 26.2 Å². The molecule has 0 aromatic carbocycles. The number of fused-ring (bicyclic) bond motifs is 2. The molecule has 0 radical (unpaired) electrons. The van der Waals surface area contributed by atoms with E-state index >= 15 is 0 Å². The smallest absolute Gasteiger partial charge is 0.316 e. The highest BCUT2D eigenvalue weighted by atomic mass is 16.7. The minimum atomic E-state index is -1.76. The van der Waals surface area contributed by atoms with E-state index in [2.05, 4.69) is 40.7 Å². The number of aliphatic hydroxyl groups is 2. The van der Waals surface area contributed by atoms with E-state index in [1.165, 1.54) is 0 Å². The van der Waals surface area contributed by atoms with Crippen LogP contribution in [0.4, 0.5) is 0 Å². The van der Waals surface area contributed by atoms with Crippen LogP contribution >= 0.6 is 0 Å². The lowest BCUT2D eigenvalue weighted by atomic mass is 9.71. The third-order valence-corrected chi connectivity index (χ3v) is 10.7. The Kier molecular flexibility index (Phi) is 11.9. The van der Waals surface area contributed by atoms with Crippen LogP contribution in [0.25, 0.3) is 0 Å². The Hall–Kier alpha value is -1.89. The van der Waals surface area contributed by atoms with E-state index in [1.807, 2.05) is 12.2 Å². The Balaban J connectivity index is 1.51. The van der Waals surface area contributed by atoms with Crippen LogP contribution < -0.4 is 0 Å². The van der Waals surface area contributed by atoms with Crippen molar-refractivity contribution in [2.24, 2.45) is 23.7 Å². The topological polar surface area (TPSA) is 122 Å². The van der Waals surface area contributed by atoms with Crippen LogP contribution in [0.1, 0.15) is 73.6 Å². The van der Waals surface area contributed by atoms with Gasteiger partial charge in [-0.25, -0.2) is 0 Å². The molecule has 1 spiro atoms. The Morgan fingerprint density at radius 1 is 1.11 bits per heavy atom. The van der Waals surface area contributed by atoms with Crippen molar-refractivity contribution in [3.8, 4) is 0 Å². The molecule has 0 unspecified atom stereocenters. The van der Waals surface area contributed by atoms with Crippen molar-refractivity contribution in [3.63, 3.8) is 0 Å². The third-order valence-electron chi connectivity index (χ3n) is 10.7. The summed E-state index contributed by atoms with van der Waals surface area (Å²) in [5.41, 5.74) is 0.358. The first-order chi connectivity index (χ1) is 22.4. The van der Waals surface area contributed by atoms with Gasteiger partial charge in [0.05, 0.1) is 38.1 Å². The molecule has 2 bridgehead atoms. The molecular weight excluding hydrogens is 604 g/mol. The maximum absolute atomic E-state index is 14.1. The second-order valence-electron chi connectivity index (χ2n) is 14.6. The fraction of sp³-hybridized carbons (Fsp3) is 0.757. The van der Waals surface area contributed by atoms with Gasteiger partial charge in [-0.2, -0.15) is 0 Å². The summed E-state index contributed by atoms with van der Waals surface area (Å²) in [5, 5.41) is 23.3. The van der Waals surface area contributed by atoms with Gasteiger partial charge in [-0.3, -0.25) is 4.79 Å². The van der Waals surface area contributed by atoms with Crippen LogP contribution in [0, 0.1) is 23.7 Å². The first-order valence-electron chi connectivity index (χ1n) is 17.4. The van der Waals surface area contributed by atoms with Crippen LogP contribution in [-0.2, 0) is 38.0 Å². The van der Waals surface area contributed by atoms with Crippen LogP contribution in [0.15, 0.2) is 47.1 Å². The molecule has 11 atom stereocenters. The van der Waals surface area contributed by atoms with Crippen molar-refractivity contribution in [1.29, 1.82) is 0 Å². The predicted octanol–water partition coefficient (Wildman–Crippen LogP) is 4.79. The summed E-state index contributed by atoms with van der Waals surface area (Å²) >= 11 is 0. The highest BCUT2D eigenvalue weighted by Crippen LogP contribution is 2.47. The van der Waals surface area contributed by atoms with Gasteiger partial charge < -0.3 is 43.4 Å². The van der Waals surface area contributed by atoms with Gasteiger partial charge in [0.1, 0.15) is 36.6 Å². The molecular formula is C37H56O10. The van der Waals surface area contributed by atoms with Gasteiger partial charge in [0.15, 0.2) is 5.79 Å². The third kappa shape index (κ3) is 7.80. The molecule has 3 saturated heterocycles. The molecule has 0 amide bonds. The molecule has 0 saturated carbocycles. The molecule has 4 heterocycles. The first kappa shape index (κ1) is 36.4. The van der Waals surface area contributed by atoms with Gasteiger partial charge in [-0.1, -0.05) is 58.1 Å². The number of carbonyl (C=O) groups is 1. The van der Waals surface area contributed by atoms with E-state index in [4.69, 9.17) is 33.2 Å². The number of allylic oxidation sites excluding steroid dienone is 2. The van der Waals surface area contributed by atoms with Crippen LogP contribution in [-0.4, -0.2) is 97.9 Å². The van der Waals surface area contributed by atoms with E-state index in [-0.39, 0.29) is 37.6 Å². The monoisotopic (exact) mass is 660 g/mol. The fourth-order valence-electron chi connectivity index (χ4n) is 8.03. The summed E-state index contributed by atoms with van der Waals surface area (Å²) in [6.07, 6.45) is 9.55. The molecule has 47 heavy (non-hydrogen) atoms. The van der Waals surface area contributed by atoms with Gasteiger partial charge in [0.25, 0.3) is 0 Å². The van der Waals surface area contributed by atoms with Gasteiger partial charge >= 0.3 is 5.97 Å². The molecule has 5 aliphatic rings. The minimum absolute atomic E-state index is 0.0210. The molecule has 5 rings (SSSR count). The molecule has 264 valence electrons. The maximum atomic E-state index is 14.1. The average Bonchev–Trinajstić information content (AvgIpc) is 3.37. The number of hydrogen-bond acceptors (Lipinski definition) is 10. The Morgan fingerprint density at radius 2 is 1.89 bits per heavy atom. The number of aliphatic hydroxyl groups excluding tert-OH is 1. The fourth-order valence-corrected chi connectivity index (χ4v) is 8.03. The summed E-state index contributed by atoms with van der Waals surface area (Å²) < 4.78 is 42.9. The molecule has 1 aliphatic carbocycles. The van der Waals surface area contributed by atoms with Crippen molar-refractivity contribution in [1.82, 2.24) is 0 Å². The zero-order chi connectivity index (χ0) is 33.9. The lowest BCUT2D eigenvalue weighted by molar-refractivity contribution is -0.340. The molecule has 4 aliphatic heterocycles. The maximum Gasteiger partial charge on any atom is 0.316 e. The lowest BCUT2D eigenvalue weighted by Gasteiger charge is -2.50. The molecule has 0 aromatic rings. The molecule has 3 fully saturated rings. The summed E-state index contributed by atoms with van der Waals surface area (Å²) in [5.74, 6) is -1.83. The number of methoxy groups -OCH3 is 1. The van der Waals surface area contributed by atoms with E-state index < -0.39 is 41.6 Å². The minimum Gasteiger partial charge on any atom is -0.462 e. The average molecular weight is 661 g/mol. The highest BCUT2D eigenvalue weighted by molar-refractivity contribution is 5.78. The van der Waals surface area contributed by atoms with Gasteiger partial charge in [-0.05, 0) is 55.2 Å². The number of hydrogen-bond donors (Lipinski definition) is 2. The first-order valence-corrected chi connectivity index (χ1v) is 17.4. The normalized spacial score (nSPS) is 41.3. The van der Waals surface area contributed by atoms with Gasteiger partial charge in [0, 0.05) is 32.3 Å². The van der Waals surface area contributed by atoms with Gasteiger partial charge in [0.2, 0.25) is 0 Å². The Morgan fingerprint density at radius 3 is 2.64 bits per heavy atom. The molecule has 10 nitrogen and oxygen atoms in total. The van der Waals surface area contributed by atoms with Crippen LogP contribution in [0.3, 0.4) is 0 Å². The van der Waals surface area contributed by atoms with Crippen LogP contribution in [0.5, 0.6) is 0 Å². The largest absolute Gasteiger partial charge is 0.462 e. The van der Waals surface area contributed by atoms with Crippen molar-refractivity contribution in [2.75, 3.05) is 33.7 Å². The van der Waals surface area contributed by atoms with E-state index in [9.17, 15) is 15.0 Å². The predicted molar refractivity (Wildman–Crippen MR) is 175 cm³/mol. The second kappa shape index (κ2) is 15.3. The molecule has 2 N–H and O–H groups in total. The summed E-state index contributed by atoms with van der Waals surface area (Å²) in [4.78, 5) is 14.1. The second-order valence-corrected chi connectivity index (χ2v) is 14.6. The number of carbonyl (C=O) groups excluding carboxylic acids is 1. The van der Waals surface area contributed by atoms with E-state index in [0.29, 0.717) is 61.9 Å². The van der Waals surface area contributed by atoms with Crippen molar-refractivity contribution in [2.45, 2.75) is 122 Å². The van der Waals surface area contributed by atoms with Crippen molar-refractivity contribution < 1.29 is 48.2 Å². The Labute approximate surface area is 280 Å². The Bertz CT molecular complexity index is 1220. The highest BCUT2D eigenvalue weighted by Gasteiger charge is 2.60. The van der Waals surface area contributed by atoms with Crippen molar-refractivity contribution in [3.05, 3.63) is 47.1 Å². The number of esters is 1. The van der Waals surface area contributed by atoms with Gasteiger partial charge in [-0.15, -0.1) is 0 Å². The standard InChI is InChI=1S/C37H56O10/c1-22(2)32-25(5)13-14-36(47-32)19-29-18-28(46-36)12-11-24(4)33(44-21-42-16-15-41-7)23(3)9-8-10-27-20-43-34-31(38)26(6)17-30(35(39)45-29)37(27,34)40/h8-11,17,22-23,25,28-34,38,40H,12-16,18-21H2,1-7H3/t23-,25-,28+,29-,30-,31+,32+,33-,34+,36+,37+/m0/s1. The number of ether oxygens (including phenoxy) is 7. The lowest BCUT2D eigenvalue weighted by Crippen LogP contribution is -2.58. The zero-order valence-corrected chi connectivity index (χ0v) is 29.2. The SMILES string of the molecule is COCCOCO[C@@H]1C(C)=CC[C@@H]2C[C@@H](C[C@]3(CC[C@H](C)[C@@H](C(C)C)O3)O2)OC(=O)[C@@H]2C=C(C)[C@@H](O)[C@H]3OCC(=CC=C[C@@H]1C)[C@]32O. The summed E-state index contributed by atoms with van der Waals surface area (Å²) in [7, 11) is 1.63. The number of rotatable bonds is 7. The summed E-state index contributed by atoms with van der Waals surface area (Å²) in [6.45, 7) is 13.5. The van der Waals surface area contributed by atoms with Crippen molar-refractivity contribution >= 4 is 5.97 Å². The van der Waals surface area contributed by atoms with Crippen LogP contribution in [0.2, 0.25) is 0 Å². The van der Waals surface area contributed by atoms with E-state index in [0.717, 1.165) is 12.0 Å². The molecule has 10 heteroatoms. The zero-order valence-electron chi connectivity index (χ0n) is 29.2. The molecule has 0 aromatic heterocycles.